The number of nitrogens with two attached hydrogens (primary N) is 2. The van der Waals surface area contributed by atoms with Gasteiger partial charge in [0.1, 0.15) is 5.37 Å². The van der Waals surface area contributed by atoms with Crippen LogP contribution in [0.4, 0.5) is 0 Å². The van der Waals surface area contributed by atoms with Crippen LogP contribution in [0.15, 0.2) is 49.6 Å². The second-order valence-electron chi connectivity index (χ2n) is 5.45. The normalized spacial score (nSPS) is 30.1. The van der Waals surface area contributed by atoms with E-state index in [0.717, 1.165) is 16.1 Å². The van der Waals surface area contributed by atoms with Crippen molar-refractivity contribution in [2.24, 2.45) is 38.7 Å². The molecule has 8 nitrogen and oxygen atoms in total. The molecule has 3 rings (SSSR count). The fraction of sp³-hybridized carbons (Fsp3) is 0.357. The third-order valence-corrected chi connectivity index (χ3v) is 5.44. The highest BCUT2D eigenvalue weighted by Gasteiger charge is 2.42. The zero-order valence-corrected chi connectivity index (χ0v) is 13.2. The highest BCUT2D eigenvalue weighted by Crippen LogP contribution is 2.48. The molecule has 0 aromatic carbocycles. The number of carbonyl (C=O) groups is 2. The number of aliphatic imine (C=N–C) groups is 1. The van der Waals surface area contributed by atoms with Gasteiger partial charge in [0.15, 0.2) is 0 Å². The minimum Gasteiger partial charge on any atom is -0.369 e. The average Bonchev–Trinajstić information content (AvgIpc) is 2.85. The van der Waals surface area contributed by atoms with E-state index in [2.05, 4.69) is 20.6 Å². The quantitative estimate of drug-likeness (QED) is 0.390. The first-order chi connectivity index (χ1) is 11.0. The van der Waals surface area contributed by atoms with Gasteiger partial charge in [-0.2, -0.15) is 0 Å². The number of guanidine groups is 1. The van der Waals surface area contributed by atoms with Gasteiger partial charge in [-0.3, -0.25) is 14.9 Å². The first kappa shape index (κ1) is 15.5. The number of carbonyl (C=O) groups excluding carboxylic acids is 2. The Balaban J connectivity index is 1.89. The maximum Gasteiger partial charge on any atom is 0.247 e. The summed E-state index contributed by atoms with van der Waals surface area (Å²) < 4.78 is 0. The van der Waals surface area contributed by atoms with E-state index < -0.39 is 0 Å². The third-order valence-electron chi connectivity index (χ3n) is 4.01. The molecule has 9 heteroatoms. The molecule has 1 aliphatic carbocycles. The molecule has 3 unspecified atom stereocenters. The number of hydrogen-bond donors (Lipinski definition) is 3. The van der Waals surface area contributed by atoms with Crippen LogP contribution in [0.3, 0.4) is 0 Å². The number of allylic oxidation sites excluding steroid dienone is 3. The van der Waals surface area contributed by atoms with Crippen LogP contribution in [-0.2, 0) is 9.59 Å². The number of fused-ring (bicyclic) bond motifs is 1. The summed E-state index contributed by atoms with van der Waals surface area (Å²) in [6, 6.07) is 0. The third kappa shape index (κ3) is 2.79. The molecule has 0 saturated carbocycles. The lowest BCUT2D eigenvalue weighted by molar-refractivity contribution is -0.123. The summed E-state index contributed by atoms with van der Waals surface area (Å²) in [5.74, 6) is 3.92. The van der Waals surface area contributed by atoms with Gasteiger partial charge in [0.05, 0.1) is 11.8 Å². The van der Waals surface area contributed by atoms with Crippen molar-refractivity contribution in [1.82, 2.24) is 5.32 Å². The number of nitrogens with zero attached hydrogens (tertiary/aromatic N) is 3. The van der Waals surface area contributed by atoms with Gasteiger partial charge in [0.2, 0.25) is 17.8 Å². The maximum atomic E-state index is 12.3. The summed E-state index contributed by atoms with van der Waals surface area (Å²) in [6.45, 7) is 1.91. The molecule has 0 radical (unpaired) electrons. The van der Waals surface area contributed by atoms with E-state index in [1.54, 1.807) is 6.08 Å². The topological polar surface area (TPSA) is 135 Å². The van der Waals surface area contributed by atoms with E-state index in [1.807, 2.05) is 19.1 Å². The van der Waals surface area contributed by atoms with Crippen LogP contribution in [0, 0.1) is 11.8 Å². The Bertz CT molecular complexity index is 721. The highest BCUT2D eigenvalue weighted by atomic mass is 32.2. The van der Waals surface area contributed by atoms with Gasteiger partial charge in [-0.1, -0.05) is 40.3 Å². The molecule has 0 fully saturated rings. The summed E-state index contributed by atoms with van der Waals surface area (Å²) in [5, 5.41) is 9.04. The molecule has 2 heterocycles. The molecule has 5 N–H and O–H groups in total. The number of rotatable bonds is 2. The van der Waals surface area contributed by atoms with Gasteiger partial charge in [-0.25, -0.2) is 4.99 Å². The van der Waals surface area contributed by atoms with Gasteiger partial charge in [-0.15, -0.1) is 0 Å². The zero-order chi connectivity index (χ0) is 16.6. The largest absolute Gasteiger partial charge is 0.369 e. The predicted octanol–water partition coefficient (Wildman–Crippen LogP) is 0.749. The lowest BCUT2D eigenvalue weighted by Crippen LogP contribution is -2.43. The first-order valence-corrected chi connectivity index (χ1v) is 7.93. The van der Waals surface area contributed by atoms with Gasteiger partial charge in [0, 0.05) is 4.91 Å². The monoisotopic (exact) mass is 332 g/mol. The molecular formula is C14H16N6O2S. The van der Waals surface area contributed by atoms with Crippen molar-refractivity contribution in [3.05, 3.63) is 34.3 Å². The lowest BCUT2D eigenvalue weighted by Gasteiger charge is -2.21. The Morgan fingerprint density at radius 2 is 2.30 bits per heavy atom. The first-order valence-electron chi connectivity index (χ1n) is 7.05. The van der Waals surface area contributed by atoms with Crippen LogP contribution < -0.4 is 16.9 Å². The van der Waals surface area contributed by atoms with Gasteiger partial charge in [0.25, 0.3) is 0 Å². The molecule has 3 aliphatic rings. The summed E-state index contributed by atoms with van der Waals surface area (Å²) in [4.78, 5) is 29.0. The zero-order valence-electron chi connectivity index (χ0n) is 12.4. The Morgan fingerprint density at radius 3 is 3.00 bits per heavy atom. The van der Waals surface area contributed by atoms with E-state index >= 15 is 0 Å². The van der Waals surface area contributed by atoms with Gasteiger partial charge < -0.3 is 11.6 Å². The number of thioether (sulfide) groups is 1. The molecule has 23 heavy (non-hydrogen) atoms. The van der Waals surface area contributed by atoms with Crippen molar-refractivity contribution in [2.75, 3.05) is 0 Å². The molecule has 0 saturated heterocycles. The SMILES string of the molecule is CC1=C(C2=CC=CC(C(N)=O)C2)SC2N=C(N=NN)NC(=O)C12. The number of nitrogens with one attached hydrogen (secondary N) is 1. The van der Waals surface area contributed by atoms with E-state index in [0.29, 0.717) is 6.42 Å². The summed E-state index contributed by atoms with van der Waals surface area (Å²) >= 11 is 1.49. The van der Waals surface area contributed by atoms with Crippen LogP contribution in [0.5, 0.6) is 0 Å². The van der Waals surface area contributed by atoms with Crippen molar-refractivity contribution >= 4 is 29.5 Å². The fourth-order valence-corrected chi connectivity index (χ4v) is 4.36. The second kappa shape index (κ2) is 5.99. The molecule has 0 aromatic rings. The molecule has 2 aliphatic heterocycles. The summed E-state index contributed by atoms with van der Waals surface area (Å²) in [7, 11) is 0. The van der Waals surface area contributed by atoms with Crippen molar-refractivity contribution in [2.45, 2.75) is 18.7 Å². The Labute approximate surface area is 136 Å². The Kier molecular flexibility index (Phi) is 4.03. The van der Waals surface area contributed by atoms with Crippen LogP contribution >= 0.6 is 11.8 Å². The fourth-order valence-electron chi connectivity index (χ4n) is 2.88. The lowest BCUT2D eigenvalue weighted by atomic mass is 9.90. The summed E-state index contributed by atoms with van der Waals surface area (Å²) in [6.07, 6.45) is 6.10. The van der Waals surface area contributed by atoms with Gasteiger partial charge >= 0.3 is 0 Å². The molecule has 2 amide bonds. The van der Waals surface area contributed by atoms with Crippen molar-refractivity contribution in [3.63, 3.8) is 0 Å². The predicted molar refractivity (Wildman–Crippen MR) is 86.7 cm³/mol. The standard InChI is InChI=1S/C14H16N6O2S/c1-6-9-12(22)17-14(19-20-16)18-13(9)23-10(6)7-3-2-4-8(5-7)11(15)21/h2-4,8-9,13H,5H2,1H3,(H2,15,21)(H3,16,17,18,19,22). The van der Waals surface area contributed by atoms with Crippen LogP contribution in [0.25, 0.3) is 0 Å². The Morgan fingerprint density at radius 1 is 1.52 bits per heavy atom. The number of amides is 2. The van der Waals surface area contributed by atoms with Crippen LogP contribution in [-0.4, -0.2) is 23.1 Å². The smallest absolute Gasteiger partial charge is 0.247 e. The average molecular weight is 332 g/mol. The minimum atomic E-state index is -0.356. The number of hydrogen-bond acceptors (Lipinski definition) is 6. The van der Waals surface area contributed by atoms with E-state index in [-0.39, 0.29) is 35.0 Å². The van der Waals surface area contributed by atoms with E-state index in [9.17, 15) is 9.59 Å². The van der Waals surface area contributed by atoms with E-state index in [1.165, 1.54) is 11.8 Å². The second-order valence-corrected chi connectivity index (χ2v) is 6.57. The van der Waals surface area contributed by atoms with Crippen LogP contribution in [0.2, 0.25) is 0 Å². The highest BCUT2D eigenvalue weighted by molar-refractivity contribution is 8.04. The minimum absolute atomic E-state index is 0.118. The Hall–Kier alpha value is -2.42. The number of primary amides is 1. The van der Waals surface area contributed by atoms with Gasteiger partial charge in [-0.05, 0) is 24.5 Å². The van der Waals surface area contributed by atoms with Crippen molar-refractivity contribution in [3.8, 4) is 0 Å². The maximum absolute atomic E-state index is 12.3. The molecule has 0 bridgehead atoms. The van der Waals surface area contributed by atoms with Crippen LogP contribution in [0.1, 0.15) is 13.3 Å². The molecule has 3 atom stereocenters. The molecule has 0 aromatic heterocycles. The van der Waals surface area contributed by atoms with Crippen molar-refractivity contribution < 1.29 is 9.59 Å². The summed E-state index contributed by atoms with van der Waals surface area (Å²) in [5.41, 5.74) is 7.33. The van der Waals surface area contributed by atoms with Crippen molar-refractivity contribution in [1.29, 1.82) is 0 Å². The van der Waals surface area contributed by atoms with E-state index in [4.69, 9.17) is 11.6 Å². The molecule has 0 spiro atoms. The molecular weight excluding hydrogens is 316 g/mol. The molecule has 120 valence electrons.